The van der Waals surface area contributed by atoms with E-state index in [1.54, 1.807) is 11.3 Å². The van der Waals surface area contributed by atoms with Gasteiger partial charge in [0.1, 0.15) is 10.8 Å². The van der Waals surface area contributed by atoms with Crippen LogP contribution in [0.3, 0.4) is 0 Å². The third-order valence-corrected chi connectivity index (χ3v) is 4.45. The van der Waals surface area contributed by atoms with Gasteiger partial charge in [-0.05, 0) is 19.4 Å². The fourth-order valence-electron chi connectivity index (χ4n) is 2.34. The summed E-state index contributed by atoms with van der Waals surface area (Å²) in [5, 5.41) is 9.37. The molecule has 0 fully saturated rings. The molecule has 2 heterocycles. The van der Waals surface area contributed by atoms with Crippen molar-refractivity contribution in [1.29, 1.82) is 5.41 Å². The standard InChI is InChI=1S/C14H15N3S/c1-9-7-16-14(18-9)10(2)17-8-11-5-3-4-6-12(11)13(17)15/h3-7,10,15H,8H2,1-2H3. The molecule has 1 aromatic carbocycles. The highest BCUT2D eigenvalue weighted by atomic mass is 32.1. The van der Waals surface area contributed by atoms with Crippen LogP contribution in [0.25, 0.3) is 0 Å². The topological polar surface area (TPSA) is 40.0 Å². The van der Waals surface area contributed by atoms with E-state index in [9.17, 15) is 0 Å². The number of amidine groups is 1. The Morgan fingerprint density at radius 1 is 1.39 bits per heavy atom. The second-order valence-corrected chi connectivity index (χ2v) is 5.89. The summed E-state index contributed by atoms with van der Waals surface area (Å²) >= 11 is 1.71. The van der Waals surface area contributed by atoms with Crippen LogP contribution in [0, 0.1) is 12.3 Å². The molecule has 1 unspecified atom stereocenters. The summed E-state index contributed by atoms with van der Waals surface area (Å²) < 4.78 is 0. The molecule has 3 rings (SSSR count). The molecule has 0 saturated carbocycles. The molecule has 0 saturated heterocycles. The predicted octanol–water partition coefficient (Wildman–Crippen LogP) is 3.35. The first kappa shape index (κ1) is 11.4. The second-order valence-electron chi connectivity index (χ2n) is 4.62. The number of hydrogen-bond acceptors (Lipinski definition) is 3. The summed E-state index contributed by atoms with van der Waals surface area (Å²) in [4.78, 5) is 7.77. The van der Waals surface area contributed by atoms with E-state index >= 15 is 0 Å². The van der Waals surface area contributed by atoms with Crippen molar-refractivity contribution in [3.63, 3.8) is 0 Å². The molecule has 1 aliphatic rings. The molecular formula is C14H15N3S. The van der Waals surface area contributed by atoms with E-state index in [4.69, 9.17) is 5.41 Å². The number of fused-ring (bicyclic) bond motifs is 1. The Kier molecular flexibility index (Phi) is 2.67. The lowest BCUT2D eigenvalue weighted by atomic mass is 10.1. The molecule has 1 atom stereocenters. The Hall–Kier alpha value is -1.68. The number of aryl methyl sites for hydroxylation is 1. The second kappa shape index (κ2) is 4.21. The van der Waals surface area contributed by atoms with E-state index in [-0.39, 0.29) is 6.04 Å². The largest absolute Gasteiger partial charge is 0.343 e. The summed E-state index contributed by atoms with van der Waals surface area (Å²) in [7, 11) is 0. The molecular weight excluding hydrogens is 242 g/mol. The van der Waals surface area contributed by atoms with Crippen LogP contribution in [0.2, 0.25) is 0 Å². The van der Waals surface area contributed by atoms with Crippen molar-refractivity contribution in [1.82, 2.24) is 9.88 Å². The van der Waals surface area contributed by atoms with Crippen LogP contribution in [0.4, 0.5) is 0 Å². The predicted molar refractivity (Wildman–Crippen MR) is 74.1 cm³/mol. The van der Waals surface area contributed by atoms with Crippen molar-refractivity contribution in [3.8, 4) is 0 Å². The van der Waals surface area contributed by atoms with Gasteiger partial charge in [-0.3, -0.25) is 5.41 Å². The average molecular weight is 257 g/mol. The third-order valence-electron chi connectivity index (χ3n) is 3.36. The van der Waals surface area contributed by atoms with Crippen molar-refractivity contribution in [2.24, 2.45) is 0 Å². The molecule has 2 aromatic rings. The highest BCUT2D eigenvalue weighted by molar-refractivity contribution is 7.11. The van der Waals surface area contributed by atoms with Gasteiger partial charge in [-0.25, -0.2) is 4.98 Å². The molecule has 4 heteroatoms. The lowest BCUT2D eigenvalue weighted by Gasteiger charge is -2.24. The number of nitrogens with one attached hydrogen (secondary N) is 1. The Bertz CT molecular complexity index is 603. The third kappa shape index (κ3) is 1.73. The maximum atomic E-state index is 8.28. The summed E-state index contributed by atoms with van der Waals surface area (Å²) in [6.45, 7) is 5.01. The molecule has 3 nitrogen and oxygen atoms in total. The molecule has 1 aliphatic heterocycles. The first-order valence-corrected chi connectivity index (χ1v) is 6.84. The minimum Gasteiger partial charge on any atom is -0.343 e. The maximum absolute atomic E-state index is 8.28. The molecule has 18 heavy (non-hydrogen) atoms. The van der Waals surface area contributed by atoms with E-state index in [1.807, 2.05) is 24.4 Å². The van der Waals surface area contributed by atoms with Gasteiger partial charge in [-0.15, -0.1) is 11.3 Å². The molecule has 0 bridgehead atoms. The summed E-state index contributed by atoms with van der Waals surface area (Å²) in [6, 6.07) is 8.33. The van der Waals surface area contributed by atoms with E-state index in [1.165, 1.54) is 10.4 Å². The van der Waals surface area contributed by atoms with Crippen LogP contribution in [-0.2, 0) is 6.54 Å². The summed E-state index contributed by atoms with van der Waals surface area (Å²) in [6.07, 6.45) is 1.91. The van der Waals surface area contributed by atoms with Crippen LogP contribution in [0.1, 0.15) is 34.0 Å². The van der Waals surface area contributed by atoms with Gasteiger partial charge in [0.05, 0.1) is 6.04 Å². The van der Waals surface area contributed by atoms with Crippen LogP contribution < -0.4 is 0 Å². The lowest BCUT2D eigenvalue weighted by Crippen LogP contribution is -2.27. The van der Waals surface area contributed by atoms with Crippen LogP contribution in [0.5, 0.6) is 0 Å². The van der Waals surface area contributed by atoms with E-state index in [2.05, 4.69) is 29.8 Å². The number of aromatic nitrogens is 1. The van der Waals surface area contributed by atoms with Gasteiger partial charge in [0, 0.05) is 23.2 Å². The van der Waals surface area contributed by atoms with Gasteiger partial charge in [-0.2, -0.15) is 0 Å². The molecule has 0 aliphatic carbocycles. The van der Waals surface area contributed by atoms with Crippen molar-refractivity contribution in [2.75, 3.05) is 0 Å². The number of rotatable bonds is 2. The van der Waals surface area contributed by atoms with Gasteiger partial charge in [0.15, 0.2) is 0 Å². The van der Waals surface area contributed by atoms with Crippen molar-refractivity contribution < 1.29 is 0 Å². The highest BCUT2D eigenvalue weighted by Gasteiger charge is 2.29. The highest BCUT2D eigenvalue weighted by Crippen LogP contribution is 2.32. The number of hydrogen-bond donors (Lipinski definition) is 1. The number of benzene rings is 1. The van der Waals surface area contributed by atoms with Gasteiger partial charge in [-0.1, -0.05) is 24.3 Å². The fraction of sp³-hybridized carbons (Fsp3) is 0.286. The maximum Gasteiger partial charge on any atom is 0.129 e. The fourth-order valence-corrected chi connectivity index (χ4v) is 3.17. The van der Waals surface area contributed by atoms with Crippen molar-refractivity contribution >= 4 is 17.2 Å². The first-order chi connectivity index (χ1) is 8.66. The molecule has 0 spiro atoms. The first-order valence-electron chi connectivity index (χ1n) is 6.02. The van der Waals surface area contributed by atoms with Gasteiger partial charge < -0.3 is 4.90 Å². The van der Waals surface area contributed by atoms with Crippen molar-refractivity contribution in [3.05, 3.63) is 51.5 Å². The van der Waals surface area contributed by atoms with E-state index in [0.717, 1.165) is 17.1 Å². The molecule has 1 aromatic heterocycles. The Balaban J connectivity index is 1.90. The zero-order chi connectivity index (χ0) is 12.7. The van der Waals surface area contributed by atoms with Gasteiger partial charge in [0.25, 0.3) is 0 Å². The smallest absolute Gasteiger partial charge is 0.129 e. The van der Waals surface area contributed by atoms with Crippen LogP contribution >= 0.6 is 11.3 Å². The van der Waals surface area contributed by atoms with Crippen LogP contribution in [-0.4, -0.2) is 15.7 Å². The average Bonchev–Trinajstić information content (AvgIpc) is 2.94. The number of nitrogens with zero attached hydrogens (tertiary/aromatic N) is 2. The van der Waals surface area contributed by atoms with Gasteiger partial charge >= 0.3 is 0 Å². The molecule has 0 radical (unpaired) electrons. The quantitative estimate of drug-likeness (QED) is 0.896. The molecule has 92 valence electrons. The zero-order valence-electron chi connectivity index (χ0n) is 10.5. The lowest BCUT2D eigenvalue weighted by molar-refractivity contribution is 0.340. The Labute approximate surface area is 111 Å². The summed E-state index contributed by atoms with van der Waals surface area (Å²) in [5.41, 5.74) is 2.29. The monoisotopic (exact) mass is 257 g/mol. The summed E-state index contributed by atoms with van der Waals surface area (Å²) in [5.74, 6) is 0.617. The van der Waals surface area contributed by atoms with E-state index < -0.39 is 0 Å². The van der Waals surface area contributed by atoms with Gasteiger partial charge in [0.2, 0.25) is 0 Å². The molecule has 0 amide bonds. The minimum atomic E-state index is 0.170. The Morgan fingerprint density at radius 2 is 2.17 bits per heavy atom. The normalized spacial score (nSPS) is 15.9. The minimum absolute atomic E-state index is 0.170. The SMILES string of the molecule is Cc1cnc(C(C)N2Cc3ccccc3C2=N)s1. The van der Waals surface area contributed by atoms with Crippen molar-refractivity contribution in [2.45, 2.75) is 26.4 Å². The number of thiazole rings is 1. The van der Waals surface area contributed by atoms with E-state index in [0.29, 0.717) is 5.84 Å². The zero-order valence-corrected chi connectivity index (χ0v) is 11.3. The van der Waals surface area contributed by atoms with Crippen LogP contribution in [0.15, 0.2) is 30.5 Å². The Morgan fingerprint density at radius 3 is 2.83 bits per heavy atom. The molecule has 1 N–H and O–H groups in total.